The highest BCUT2D eigenvalue weighted by molar-refractivity contribution is 7.99. The summed E-state index contributed by atoms with van der Waals surface area (Å²) in [5.41, 5.74) is 1.81. The summed E-state index contributed by atoms with van der Waals surface area (Å²) in [6.45, 7) is 2.40. The van der Waals surface area contributed by atoms with Crippen LogP contribution in [0.15, 0.2) is 44.6 Å². The van der Waals surface area contributed by atoms with Crippen molar-refractivity contribution in [2.45, 2.75) is 18.6 Å². The first kappa shape index (κ1) is 20.8. The SMILES string of the molecule is COc1ccc(CCN(C)C(=O)CSc2nnc(-c3ccoc3C)o2)cc1OC. The Morgan fingerprint density at radius 2 is 1.97 bits per heavy atom. The molecule has 0 aliphatic heterocycles. The van der Waals surface area contributed by atoms with Crippen LogP contribution in [0.5, 0.6) is 11.5 Å². The van der Waals surface area contributed by atoms with Crippen molar-refractivity contribution in [3.8, 4) is 23.0 Å². The first-order chi connectivity index (χ1) is 14.0. The van der Waals surface area contributed by atoms with E-state index >= 15 is 0 Å². The number of hydrogen-bond donors (Lipinski definition) is 0. The average molecular weight is 417 g/mol. The van der Waals surface area contributed by atoms with Gasteiger partial charge in [-0.2, -0.15) is 0 Å². The van der Waals surface area contributed by atoms with Gasteiger partial charge in [0.15, 0.2) is 11.5 Å². The standard InChI is InChI=1S/C20H23N3O5S/c1-13-15(8-10-27-13)19-21-22-20(28-19)29-12-18(24)23(2)9-7-14-5-6-16(25-3)17(11-14)26-4/h5-6,8,10-11H,7,9,12H2,1-4H3. The molecule has 1 amide bonds. The molecule has 2 heterocycles. The van der Waals surface area contributed by atoms with Crippen molar-refractivity contribution < 1.29 is 23.1 Å². The first-order valence-corrected chi connectivity index (χ1v) is 9.96. The van der Waals surface area contributed by atoms with Crippen molar-refractivity contribution in [3.05, 3.63) is 41.9 Å². The number of carbonyl (C=O) groups is 1. The molecule has 0 spiro atoms. The van der Waals surface area contributed by atoms with Crippen LogP contribution in [0.2, 0.25) is 0 Å². The molecule has 0 fully saturated rings. The van der Waals surface area contributed by atoms with E-state index in [2.05, 4.69) is 10.2 Å². The zero-order chi connectivity index (χ0) is 20.8. The number of amides is 1. The van der Waals surface area contributed by atoms with Crippen LogP contribution in [0.25, 0.3) is 11.5 Å². The van der Waals surface area contributed by atoms with Crippen molar-refractivity contribution in [3.63, 3.8) is 0 Å². The number of methoxy groups -OCH3 is 2. The number of aryl methyl sites for hydroxylation is 1. The molecule has 0 radical (unpaired) electrons. The number of rotatable bonds is 9. The fourth-order valence-corrected chi connectivity index (χ4v) is 3.38. The summed E-state index contributed by atoms with van der Waals surface area (Å²) in [6.07, 6.45) is 2.27. The van der Waals surface area contributed by atoms with Gasteiger partial charge in [-0.25, -0.2) is 0 Å². The van der Waals surface area contributed by atoms with Crippen LogP contribution in [0.1, 0.15) is 11.3 Å². The molecule has 9 heteroatoms. The Bertz CT molecular complexity index is 969. The summed E-state index contributed by atoms with van der Waals surface area (Å²) in [5, 5.41) is 8.34. The largest absolute Gasteiger partial charge is 0.493 e. The highest BCUT2D eigenvalue weighted by Crippen LogP contribution is 2.28. The van der Waals surface area contributed by atoms with Gasteiger partial charge < -0.3 is 23.2 Å². The second kappa shape index (κ2) is 9.51. The van der Waals surface area contributed by atoms with Gasteiger partial charge in [-0.05, 0) is 37.1 Å². The van der Waals surface area contributed by atoms with E-state index < -0.39 is 0 Å². The maximum atomic E-state index is 12.4. The van der Waals surface area contributed by atoms with E-state index in [1.165, 1.54) is 11.8 Å². The van der Waals surface area contributed by atoms with Gasteiger partial charge in [-0.1, -0.05) is 17.8 Å². The zero-order valence-corrected chi connectivity index (χ0v) is 17.6. The zero-order valence-electron chi connectivity index (χ0n) is 16.8. The minimum Gasteiger partial charge on any atom is -0.493 e. The number of benzene rings is 1. The van der Waals surface area contributed by atoms with Crippen LogP contribution < -0.4 is 9.47 Å². The Balaban J connectivity index is 1.50. The Labute approximate surface area is 173 Å². The lowest BCUT2D eigenvalue weighted by Crippen LogP contribution is -2.30. The fraction of sp³-hybridized carbons (Fsp3) is 0.350. The van der Waals surface area contributed by atoms with Crippen LogP contribution in [0.3, 0.4) is 0 Å². The van der Waals surface area contributed by atoms with Crippen LogP contribution >= 0.6 is 11.8 Å². The minimum absolute atomic E-state index is 0.0188. The lowest BCUT2D eigenvalue weighted by molar-refractivity contribution is -0.127. The van der Waals surface area contributed by atoms with Gasteiger partial charge in [0.25, 0.3) is 11.1 Å². The number of ether oxygens (including phenoxy) is 2. The van der Waals surface area contributed by atoms with Crippen LogP contribution in [0, 0.1) is 6.92 Å². The lowest BCUT2D eigenvalue weighted by Gasteiger charge is -2.17. The smallest absolute Gasteiger partial charge is 0.277 e. The highest BCUT2D eigenvalue weighted by Gasteiger charge is 2.16. The number of carbonyl (C=O) groups excluding carboxylic acids is 1. The number of thioether (sulfide) groups is 1. The highest BCUT2D eigenvalue weighted by atomic mass is 32.2. The fourth-order valence-electron chi connectivity index (χ4n) is 2.68. The van der Waals surface area contributed by atoms with E-state index in [9.17, 15) is 4.79 Å². The van der Waals surface area contributed by atoms with Gasteiger partial charge in [-0.15, -0.1) is 10.2 Å². The van der Waals surface area contributed by atoms with Crippen molar-refractivity contribution in [1.82, 2.24) is 15.1 Å². The monoisotopic (exact) mass is 417 g/mol. The number of hydrogen-bond acceptors (Lipinski definition) is 8. The maximum Gasteiger partial charge on any atom is 0.277 e. The van der Waals surface area contributed by atoms with E-state index in [0.29, 0.717) is 41.3 Å². The molecule has 8 nitrogen and oxygen atoms in total. The molecule has 0 atom stereocenters. The van der Waals surface area contributed by atoms with Gasteiger partial charge in [0.05, 0.1) is 31.8 Å². The molecule has 1 aromatic carbocycles. The van der Waals surface area contributed by atoms with Crippen molar-refractivity contribution in [1.29, 1.82) is 0 Å². The third kappa shape index (κ3) is 5.11. The normalized spacial score (nSPS) is 10.8. The molecule has 29 heavy (non-hydrogen) atoms. The third-order valence-corrected chi connectivity index (χ3v) is 5.23. The van der Waals surface area contributed by atoms with Crippen molar-refractivity contribution in [2.75, 3.05) is 33.6 Å². The minimum atomic E-state index is -0.0188. The summed E-state index contributed by atoms with van der Waals surface area (Å²) in [4.78, 5) is 14.1. The summed E-state index contributed by atoms with van der Waals surface area (Å²) in [6, 6.07) is 7.51. The molecular weight excluding hydrogens is 394 g/mol. The van der Waals surface area contributed by atoms with Crippen LogP contribution in [0.4, 0.5) is 0 Å². The molecule has 3 aromatic rings. The van der Waals surface area contributed by atoms with Gasteiger partial charge in [0.1, 0.15) is 5.76 Å². The topological polar surface area (TPSA) is 90.8 Å². The summed E-state index contributed by atoms with van der Waals surface area (Å²) < 4.78 is 21.4. The molecule has 0 aliphatic carbocycles. The van der Waals surface area contributed by atoms with Crippen molar-refractivity contribution in [2.24, 2.45) is 0 Å². The quantitative estimate of drug-likeness (QED) is 0.489. The van der Waals surface area contributed by atoms with E-state index in [4.69, 9.17) is 18.3 Å². The molecule has 0 unspecified atom stereocenters. The Hall–Kier alpha value is -2.94. The molecule has 0 aliphatic rings. The molecule has 154 valence electrons. The van der Waals surface area contributed by atoms with E-state index in [-0.39, 0.29) is 11.7 Å². The molecular formula is C20H23N3O5S. The van der Waals surface area contributed by atoms with Gasteiger partial charge >= 0.3 is 0 Å². The Morgan fingerprint density at radius 3 is 2.66 bits per heavy atom. The van der Waals surface area contributed by atoms with E-state index in [1.807, 2.05) is 25.1 Å². The number of nitrogens with zero attached hydrogens (tertiary/aromatic N) is 3. The molecule has 0 saturated heterocycles. The number of aromatic nitrogens is 2. The summed E-state index contributed by atoms with van der Waals surface area (Å²) in [5.74, 6) is 2.64. The van der Waals surface area contributed by atoms with E-state index in [0.717, 1.165) is 11.1 Å². The molecule has 3 rings (SSSR count). The predicted molar refractivity (Wildman–Crippen MR) is 108 cm³/mol. The van der Waals surface area contributed by atoms with Gasteiger partial charge in [0, 0.05) is 13.6 Å². The molecule has 0 N–H and O–H groups in total. The molecule has 0 saturated carbocycles. The first-order valence-electron chi connectivity index (χ1n) is 8.97. The predicted octanol–water partition coefficient (Wildman–Crippen LogP) is 3.45. The van der Waals surface area contributed by atoms with Crippen LogP contribution in [-0.2, 0) is 11.2 Å². The Morgan fingerprint density at radius 1 is 1.17 bits per heavy atom. The summed E-state index contributed by atoms with van der Waals surface area (Å²) in [7, 11) is 4.98. The van der Waals surface area contributed by atoms with Gasteiger partial charge in [-0.3, -0.25) is 4.79 Å². The second-order valence-corrected chi connectivity index (χ2v) is 7.23. The summed E-state index contributed by atoms with van der Waals surface area (Å²) >= 11 is 1.21. The average Bonchev–Trinajstić information content (AvgIpc) is 3.38. The van der Waals surface area contributed by atoms with Crippen LogP contribution in [-0.4, -0.2) is 54.6 Å². The van der Waals surface area contributed by atoms with Crippen molar-refractivity contribution >= 4 is 17.7 Å². The van der Waals surface area contributed by atoms with Gasteiger partial charge in [0.2, 0.25) is 5.91 Å². The molecule has 2 aromatic heterocycles. The Kier molecular flexibility index (Phi) is 6.82. The second-order valence-electron chi connectivity index (χ2n) is 6.31. The molecule has 0 bridgehead atoms. The maximum absolute atomic E-state index is 12.4. The number of furan rings is 1. The lowest BCUT2D eigenvalue weighted by atomic mass is 10.1. The van der Waals surface area contributed by atoms with E-state index in [1.54, 1.807) is 38.5 Å². The third-order valence-electron chi connectivity index (χ3n) is 4.42. The number of likely N-dealkylation sites (N-methyl/N-ethyl adjacent to an activating group) is 1.